The van der Waals surface area contributed by atoms with Gasteiger partial charge in [0, 0.05) is 18.1 Å². The Morgan fingerprint density at radius 2 is 1.91 bits per heavy atom. The molecule has 1 atom stereocenters. The zero-order valence-electron chi connectivity index (χ0n) is 12.7. The van der Waals surface area contributed by atoms with E-state index in [4.69, 9.17) is 0 Å². The van der Waals surface area contributed by atoms with Crippen molar-refractivity contribution in [2.75, 3.05) is 5.32 Å². The molecule has 1 aromatic carbocycles. The largest absolute Gasteiger partial charge is 0.435 e. The van der Waals surface area contributed by atoms with E-state index in [0.717, 1.165) is 11.1 Å². The molecule has 2 N–H and O–H groups in total. The van der Waals surface area contributed by atoms with Crippen LogP contribution in [-0.4, -0.2) is 17.6 Å². The number of pyridine rings is 1. The van der Waals surface area contributed by atoms with E-state index in [1.807, 2.05) is 6.92 Å². The smallest absolute Gasteiger partial charge is 0.387 e. The molecule has 0 bridgehead atoms. The Morgan fingerprint density at radius 3 is 2.52 bits per heavy atom. The van der Waals surface area contributed by atoms with Crippen molar-refractivity contribution in [2.24, 2.45) is 0 Å². The number of benzene rings is 1. The van der Waals surface area contributed by atoms with Gasteiger partial charge in [-0.05, 0) is 43.2 Å². The third-order valence-electron chi connectivity index (χ3n) is 3.22. The molecule has 1 aromatic heterocycles. The van der Waals surface area contributed by atoms with Crippen LogP contribution in [-0.2, 0) is 0 Å². The number of nitrogens with zero attached hydrogens (tertiary/aromatic N) is 1. The number of nitrogens with one attached hydrogen (secondary N) is 2. The van der Waals surface area contributed by atoms with Gasteiger partial charge in [-0.15, -0.1) is 0 Å². The van der Waals surface area contributed by atoms with Crippen LogP contribution >= 0.6 is 0 Å². The molecule has 0 unspecified atom stereocenters. The maximum atomic E-state index is 12.1. The minimum Gasteiger partial charge on any atom is -0.435 e. The number of halogens is 2. The van der Waals surface area contributed by atoms with Crippen LogP contribution in [0.5, 0.6) is 5.75 Å². The first-order valence-corrected chi connectivity index (χ1v) is 6.98. The summed E-state index contributed by atoms with van der Waals surface area (Å²) in [6.07, 6.45) is 3.24. The van der Waals surface area contributed by atoms with Gasteiger partial charge in [-0.2, -0.15) is 8.78 Å². The maximum absolute atomic E-state index is 12.1. The molecular formula is C16H17F2N3O2. The van der Waals surface area contributed by atoms with Crippen LogP contribution < -0.4 is 15.4 Å². The van der Waals surface area contributed by atoms with E-state index in [1.165, 1.54) is 12.1 Å². The zero-order valence-corrected chi connectivity index (χ0v) is 12.7. The lowest BCUT2D eigenvalue weighted by Gasteiger charge is -2.16. The Kier molecular flexibility index (Phi) is 5.46. The van der Waals surface area contributed by atoms with Crippen molar-refractivity contribution in [3.05, 3.63) is 53.9 Å². The molecule has 0 saturated heterocycles. The summed E-state index contributed by atoms with van der Waals surface area (Å²) in [6.45, 7) is 0.779. The highest BCUT2D eigenvalue weighted by Crippen LogP contribution is 2.19. The van der Waals surface area contributed by atoms with Crippen molar-refractivity contribution in [3.8, 4) is 5.75 Å². The summed E-state index contributed by atoms with van der Waals surface area (Å²) in [4.78, 5) is 15.9. The average molecular weight is 321 g/mol. The molecule has 0 spiro atoms. The Balaban J connectivity index is 1.94. The third-order valence-corrected chi connectivity index (χ3v) is 3.22. The van der Waals surface area contributed by atoms with Crippen molar-refractivity contribution < 1.29 is 18.3 Å². The Bertz CT molecular complexity index is 663. The van der Waals surface area contributed by atoms with E-state index in [-0.39, 0.29) is 17.8 Å². The predicted octanol–water partition coefficient (Wildman–Crippen LogP) is 3.87. The summed E-state index contributed by atoms with van der Waals surface area (Å²) < 4.78 is 28.5. The number of hydrogen-bond donors (Lipinski definition) is 2. The second-order valence-corrected chi connectivity index (χ2v) is 4.96. The van der Waals surface area contributed by atoms with Crippen molar-refractivity contribution in [2.45, 2.75) is 26.5 Å². The number of hydrogen-bond acceptors (Lipinski definition) is 3. The zero-order chi connectivity index (χ0) is 16.8. The van der Waals surface area contributed by atoms with E-state index in [0.29, 0.717) is 5.69 Å². The minimum atomic E-state index is -2.86. The standard InChI is InChI=1S/C16H17F2N3O2/c1-10-9-19-8-7-14(10)21-16(22)20-11(2)12-3-5-13(6-4-12)23-15(17)18/h3-9,11,15H,1-2H3,(H2,19,20,21,22)/t11-/m1/s1. The van der Waals surface area contributed by atoms with Gasteiger partial charge in [0.05, 0.1) is 6.04 Å². The SMILES string of the molecule is Cc1cnccc1NC(=O)N[C@H](C)c1ccc(OC(F)F)cc1. The number of alkyl halides is 2. The number of rotatable bonds is 5. The number of carbonyl (C=O) groups is 1. The summed E-state index contributed by atoms with van der Waals surface area (Å²) in [5.74, 6) is 0.0767. The van der Waals surface area contributed by atoms with E-state index < -0.39 is 6.61 Å². The van der Waals surface area contributed by atoms with Crippen molar-refractivity contribution in [3.63, 3.8) is 0 Å². The van der Waals surface area contributed by atoms with E-state index in [1.54, 1.807) is 37.5 Å². The van der Waals surface area contributed by atoms with Crippen LogP contribution in [0.25, 0.3) is 0 Å². The molecule has 2 rings (SSSR count). The van der Waals surface area contributed by atoms with Crippen molar-refractivity contribution in [1.82, 2.24) is 10.3 Å². The summed E-state index contributed by atoms with van der Waals surface area (Å²) in [5, 5.41) is 5.51. The van der Waals surface area contributed by atoms with Gasteiger partial charge in [-0.3, -0.25) is 4.98 Å². The van der Waals surface area contributed by atoms with Crippen LogP contribution in [0.4, 0.5) is 19.3 Å². The fourth-order valence-electron chi connectivity index (χ4n) is 1.99. The average Bonchev–Trinajstić information content (AvgIpc) is 2.49. The molecule has 0 aliphatic carbocycles. The molecule has 2 amide bonds. The van der Waals surface area contributed by atoms with Gasteiger partial charge in [0.1, 0.15) is 5.75 Å². The number of urea groups is 1. The molecule has 0 aliphatic rings. The first-order valence-electron chi connectivity index (χ1n) is 6.98. The number of aromatic nitrogens is 1. The number of carbonyl (C=O) groups excluding carboxylic acids is 1. The van der Waals surface area contributed by atoms with Crippen LogP contribution in [0.15, 0.2) is 42.7 Å². The lowest BCUT2D eigenvalue weighted by molar-refractivity contribution is -0.0498. The van der Waals surface area contributed by atoms with Gasteiger partial charge < -0.3 is 15.4 Å². The second-order valence-electron chi connectivity index (χ2n) is 4.96. The second kappa shape index (κ2) is 7.53. The molecule has 122 valence electrons. The molecule has 1 heterocycles. The highest BCUT2D eigenvalue weighted by Gasteiger charge is 2.11. The summed E-state index contributed by atoms with van der Waals surface area (Å²) in [7, 11) is 0. The topological polar surface area (TPSA) is 63.2 Å². The summed E-state index contributed by atoms with van der Waals surface area (Å²) in [5.41, 5.74) is 2.29. The minimum absolute atomic E-state index is 0.0767. The summed E-state index contributed by atoms with van der Waals surface area (Å²) in [6, 6.07) is 7.17. The summed E-state index contributed by atoms with van der Waals surface area (Å²) >= 11 is 0. The van der Waals surface area contributed by atoms with Gasteiger partial charge >= 0.3 is 12.6 Å². The normalized spacial score (nSPS) is 11.9. The van der Waals surface area contributed by atoms with Gasteiger partial charge in [0.15, 0.2) is 0 Å². The fourth-order valence-corrected chi connectivity index (χ4v) is 1.99. The monoisotopic (exact) mass is 321 g/mol. The van der Waals surface area contributed by atoms with Gasteiger partial charge in [-0.25, -0.2) is 4.79 Å². The molecule has 0 aliphatic heterocycles. The van der Waals surface area contributed by atoms with Crippen molar-refractivity contribution in [1.29, 1.82) is 0 Å². The molecule has 0 fully saturated rings. The molecule has 0 radical (unpaired) electrons. The fraction of sp³-hybridized carbons (Fsp3) is 0.250. The number of amides is 2. The Morgan fingerprint density at radius 1 is 1.22 bits per heavy atom. The molecule has 5 nitrogen and oxygen atoms in total. The molecular weight excluding hydrogens is 304 g/mol. The van der Waals surface area contributed by atoms with E-state index >= 15 is 0 Å². The molecule has 23 heavy (non-hydrogen) atoms. The highest BCUT2D eigenvalue weighted by atomic mass is 19.3. The lowest BCUT2D eigenvalue weighted by Crippen LogP contribution is -2.31. The van der Waals surface area contributed by atoms with E-state index in [9.17, 15) is 13.6 Å². The van der Waals surface area contributed by atoms with Crippen LogP contribution in [0.1, 0.15) is 24.1 Å². The number of aryl methyl sites for hydroxylation is 1. The number of anilines is 1. The molecule has 2 aromatic rings. The maximum Gasteiger partial charge on any atom is 0.387 e. The predicted molar refractivity (Wildman–Crippen MR) is 82.6 cm³/mol. The van der Waals surface area contributed by atoms with Gasteiger partial charge in [-0.1, -0.05) is 12.1 Å². The van der Waals surface area contributed by atoms with E-state index in [2.05, 4.69) is 20.4 Å². The lowest BCUT2D eigenvalue weighted by atomic mass is 10.1. The van der Waals surface area contributed by atoms with Gasteiger partial charge in [0.2, 0.25) is 0 Å². The van der Waals surface area contributed by atoms with Gasteiger partial charge in [0.25, 0.3) is 0 Å². The first-order chi connectivity index (χ1) is 11.0. The molecule has 0 saturated carbocycles. The van der Waals surface area contributed by atoms with Crippen LogP contribution in [0.3, 0.4) is 0 Å². The van der Waals surface area contributed by atoms with Crippen LogP contribution in [0, 0.1) is 6.92 Å². The Hall–Kier alpha value is -2.70. The highest BCUT2D eigenvalue weighted by molar-refractivity contribution is 5.90. The quantitative estimate of drug-likeness (QED) is 0.878. The van der Waals surface area contributed by atoms with Crippen LogP contribution in [0.2, 0.25) is 0 Å². The first kappa shape index (κ1) is 16.7. The molecule has 7 heteroatoms. The van der Waals surface area contributed by atoms with Crippen molar-refractivity contribution >= 4 is 11.7 Å². The Labute approximate surface area is 132 Å². The third kappa shape index (κ3) is 4.91. The number of ether oxygens (including phenoxy) is 1.